The van der Waals surface area contributed by atoms with E-state index >= 15 is 0 Å². The predicted molar refractivity (Wildman–Crippen MR) is 65.5 cm³/mol. The molecule has 0 spiro atoms. The molecule has 1 saturated heterocycles. The van der Waals surface area contributed by atoms with E-state index in [4.69, 9.17) is 5.73 Å². The molecule has 1 aliphatic rings. The van der Waals surface area contributed by atoms with E-state index in [0.717, 1.165) is 4.90 Å². The lowest BCUT2D eigenvalue weighted by atomic mass is 9.99. The Morgan fingerprint density at radius 1 is 1.18 bits per heavy atom. The second-order valence-corrected chi connectivity index (χ2v) is 4.29. The van der Waals surface area contributed by atoms with Crippen LogP contribution in [0.2, 0.25) is 0 Å². The number of amides is 3. The van der Waals surface area contributed by atoms with Gasteiger partial charge in [0.05, 0.1) is 11.6 Å². The third-order valence-electron chi connectivity index (χ3n) is 3.07. The van der Waals surface area contributed by atoms with Gasteiger partial charge in [0.1, 0.15) is 0 Å². The standard InChI is InChI=1S/C12H15N3O2/c1-7-8(2)14-12(17)15(11(7)16)10-5-3-9(13)4-6-10/h3-8H,13H2,1-2H3,(H,14,17). The van der Waals surface area contributed by atoms with Crippen molar-refractivity contribution in [2.75, 3.05) is 10.6 Å². The Balaban J connectivity index is 2.34. The lowest BCUT2D eigenvalue weighted by Gasteiger charge is -2.34. The van der Waals surface area contributed by atoms with Gasteiger partial charge in [0.25, 0.3) is 0 Å². The van der Waals surface area contributed by atoms with Gasteiger partial charge in [0, 0.05) is 11.7 Å². The second kappa shape index (κ2) is 4.08. The van der Waals surface area contributed by atoms with E-state index in [2.05, 4.69) is 5.32 Å². The van der Waals surface area contributed by atoms with E-state index in [0.29, 0.717) is 11.4 Å². The number of nitrogen functional groups attached to an aromatic ring is 1. The molecule has 3 N–H and O–H groups in total. The topological polar surface area (TPSA) is 75.4 Å². The smallest absolute Gasteiger partial charge is 0.328 e. The highest BCUT2D eigenvalue weighted by Crippen LogP contribution is 2.23. The van der Waals surface area contributed by atoms with E-state index in [1.165, 1.54) is 0 Å². The summed E-state index contributed by atoms with van der Waals surface area (Å²) in [6.07, 6.45) is 0. The van der Waals surface area contributed by atoms with Crippen molar-refractivity contribution in [3.05, 3.63) is 24.3 Å². The van der Waals surface area contributed by atoms with Crippen LogP contribution >= 0.6 is 0 Å². The van der Waals surface area contributed by atoms with Crippen LogP contribution in [0.15, 0.2) is 24.3 Å². The first-order chi connectivity index (χ1) is 8.00. The highest BCUT2D eigenvalue weighted by Gasteiger charge is 2.36. The molecule has 1 aliphatic heterocycles. The highest BCUT2D eigenvalue weighted by atomic mass is 16.2. The lowest BCUT2D eigenvalue weighted by Crippen LogP contribution is -2.58. The quantitative estimate of drug-likeness (QED) is 0.719. The Hall–Kier alpha value is -2.04. The number of nitrogens with two attached hydrogens (primary N) is 1. The van der Waals surface area contributed by atoms with Crippen molar-refractivity contribution < 1.29 is 9.59 Å². The molecule has 2 rings (SSSR count). The molecule has 1 heterocycles. The Kier molecular flexibility index (Phi) is 2.75. The minimum absolute atomic E-state index is 0.139. The van der Waals surface area contributed by atoms with Crippen LogP contribution in [0.3, 0.4) is 0 Å². The van der Waals surface area contributed by atoms with E-state index in [9.17, 15) is 9.59 Å². The largest absolute Gasteiger partial charge is 0.399 e. The number of benzene rings is 1. The summed E-state index contributed by atoms with van der Waals surface area (Å²) in [5.74, 6) is -0.420. The summed E-state index contributed by atoms with van der Waals surface area (Å²) >= 11 is 0. The molecule has 0 bridgehead atoms. The van der Waals surface area contributed by atoms with Crippen molar-refractivity contribution in [1.29, 1.82) is 0 Å². The van der Waals surface area contributed by atoms with Gasteiger partial charge in [0.2, 0.25) is 5.91 Å². The molecule has 5 nitrogen and oxygen atoms in total. The van der Waals surface area contributed by atoms with Crippen molar-refractivity contribution >= 4 is 23.3 Å². The lowest BCUT2D eigenvalue weighted by molar-refractivity contribution is -0.122. The molecule has 2 atom stereocenters. The molecular formula is C12H15N3O2. The first-order valence-electron chi connectivity index (χ1n) is 5.50. The molecule has 0 aliphatic carbocycles. The zero-order valence-corrected chi connectivity index (χ0v) is 9.81. The molecule has 1 aromatic carbocycles. The van der Waals surface area contributed by atoms with Crippen LogP contribution in [0, 0.1) is 5.92 Å². The van der Waals surface area contributed by atoms with Gasteiger partial charge in [0.15, 0.2) is 0 Å². The maximum atomic E-state index is 12.1. The number of hydrogen-bond acceptors (Lipinski definition) is 3. The molecule has 17 heavy (non-hydrogen) atoms. The van der Waals surface area contributed by atoms with Crippen LogP contribution in [0.1, 0.15) is 13.8 Å². The summed E-state index contributed by atoms with van der Waals surface area (Å²) in [6.45, 7) is 3.62. The van der Waals surface area contributed by atoms with E-state index in [-0.39, 0.29) is 23.9 Å². The maximum absolute atomic E-state index is 12.1. The van der Waals surface area contributed by atoms with E-state index in [1.807, 2.05) is 6.92 Å². The molecule has 1 aromatic rings. The average Bonchev–Trinajstić information content (AvgIpc) is 2.29. The zero-order valence-electron chi connectivity index (χ0n) is 9.81. The average molecular weight is 233 g/mol. The van der Waals surface area contributed by atoms with Gasteiger partial charge in [-0.1, -0.05) is 6.92 Å². The number of anilines is 2. The summed E-state index contributed by atoms with van der Waals surface area (Å²) in [6, 6.07) is 6.13. The van der Waals surface area contributed by atoms with Crippen LogP contribution in [0.5, 0.6) is 0 Å². The fourth-order valence-corrected chi connectivity index (χ4v) is 1.77. The van der Waals surface area contributed by atoms with Gasteiger partial charge in [-0.15, -0.1) is 0 Å². The zero-order chi connectivity index (χ0) is 12.6. The normalized spacial score (nSPS) is 24.7. The van der Waals surface area contributed by atoms with Gasteiger partial charge in [-0.3, -0.25) is 4.79 Å². The number of rotatable bonds is 1. The molecule has 1 fully saturated rings. The number of imide groups is 1. The summed E-state index contributed by atoms with van der Waals surface area (Å²) in [7, 11) is 0. The predicted octanol–water partition coefficient (Wildman–Crippen LogP) is 1.35. The molecular weight excluding hydrogens is 218 g/mol. The molecule has 90 valence electrons. The Labute approximate surface area is 99.6 Å². The first kappa shape index (κ1) is 11.4. The number of carbonyl (C=O) groups excluding carboxylic acids is 2. The summed E-state index contributed by atoms with van der Waals surface area (Å²) in [4.78, 5) is 25.0. The van der Waals surface area contributed by atoms with Gasteiger partial charge in [-0.2, -0.15) is 0 Å². The molecule has 5 heteroatoms. The fourth-order valence-electron chi connectivity index (χ4n) is 1.77. The van der Waals surface area contributed by atoms with Crippen LogP contribution in [0.25, 0.3) is 0 Å². The molecule has 0 saturated carbocycles. The number of carbonyl (C=O) groups is 2. The highest BCUT2D eigenvalue weighted by molar-refractivity contribution is 6.16. The second-order valence-electron chi connectivity index (χ2n) is 4.29. The van der Waals surface area contributed by atoms with Crippen LogP contribution in [0.4, 0.5) is 16.2 Å². The molecule has 3 amide bonds. The summed E-state index contributed by atoms with van der Waals surface area (Å²) < 4.78 is 0. The van der Waals surface area contributed by atoms with Gasteiger partial charge in [-0.25, -0.2) is 9.69 Å². The SMILES string of the molecule is CC1NC(=O)N(c2ccc(N)cc2)C(=O)C1C. The van der Waals surface area contributed by atoms with Crippen molar-refractivity contribution in [3.63, 3.8) is 0 Å². The summed E-state index contributed by atoms with van der Waals surface area (Å²) in [5.41, 5.74) is 6.71. The molecule has 0 radical (unpaired) electrons. The van der Waals surface area contributed by atoms with Gasteiger partial charge >= 0.3 is 6.03 Å². The van der Waals surface area contributed by atoms with E-state index < -0.39 is 0 Å². The van der Waals surface area contributed by atoms with Crippen LogP contribution in [-0.2, 0) is 4.79 Å². The summed E-state index contributed by atoms with van der Waals surface area (Å²) in [5, 5.41) is 2.76. The van der Waals surface area contributed by atoms with Gasteiger partial charge < -0.3 is 11.1 Å². The third-order valence-corrected chi connectivity index (χ3v) is 3.07. The van der Waals surface area contributed by atoms with Crippen LogP contribution in [-0.4, -0.2) is 18.0 Å². The minimum Gasteiger partial charge on any atom is -0.399 e. The van der Waals surface area contributed by atoms with Gasteiger partial charge in [-0.05, 0) is 31.2 Å². The number of hydrogen-bond donors (Lipinski definition) is 2. The molecule has 2 unspecified atom stereocenters. The van der Waals surface area contributed by atoms with Crippen LogP contribution < -0.4 is 16.0 Å². The van der Waals surface area contributed by atoms with Crippen molar-refractivity contribution in [2.24, 2.45) is 5.92 Å². The number of nitrogens with zero attached hydrogens (tertiary/aromatic N) is 1. The van der Waals surface area contributed by atoms with E-state index in [1.54, 1.807) is 31.2 Å². The molecule has 0 aromatic heterocycles. The third kappa shape index (κ3) is 1.95. The number of urea groups is 1. The van der Waals surface area contributed by atoms with Crippen molar-refractivity contribution in [1.82, 2.24) is 5.32 Å². The Morgan fingerprint density at radius 2 is 1.76 bits per heavy atom. The van der Waals surface area contributed by atoms with Crippen molar-refractivity contribution in [3.8, 4) is 0 Å². The first-order valence-corrected chi connectivity index (χ1v) is 5.50. The number of nitrogens with one attached hydrogen (secondary N) is 1. The Bertz CT molecular complexity index is 455. The van der Waals surface area contributed by atoms with Crippen molar-refractivity contribution in [2.45, 2.75) is 19.9 Å². The maximum Gasteiger partial charge on any atom is 0.328 e. The Morgan fingerprint density at radius 3 is 2.35 bits per heavy atom. The minimum atomic E-state index is -0.384. The fraction of sp³-hybridized carbons (Fsp3) is 0.333. The monoisotopic (exact) mass is 233 g/mol.